The van der Waals surface area contributed by atoms with Gasteiger partial charge in [-0.15, -0.1) is 0 Å². The normalized spacial score (nSPS) is 13.2. The Labute approximate surface area is 155 Å². The molecular formula is C23H27N3. The maximum absolute atomic E-state index is 5.05. The molecule has 134 valence electrons. The fourth-order valence-electron chi connectivity index (χ4n) is 3.66. The molecule has 0 bridgehead atoms. The van der Waals surface area contributed by atoms with Crippen LogP contribution in [0.2, 0.25) is 0 Å². The average molecular weight is 345 g/mol. The molecule has 4 aromatic rings. The zero-order valence-corrected chi connectivity index (χ0v) is 16.8. The molecule has 0 saturated carbocycles. The number of benzene rings is 1. The van der Waals surface area contributed by atoms with E-state index in [1.807, 2.05) is 0 Å². The molecule has 3 heteroatoms. The number of aryl methyl sites for hydroxylation is 1. The predicted molar refractivity (Wildman–Crippen MR) is 110 cm³/mol. The van der Waals surface area contributed by atoms with E-state index in [0.29, 0.717) is 0 Å². The van der Waals surface area contributed by atoms with Gasteiger partial charge in [0.05, 0.1) is 16.6 Å². The van der Waals surface area contributed by atoms with Gasteiger partial charge in [0.1, 0.15) is 5.65 Å². The first-order valence-corrected chi connectivity index (χ1v) is 9.30. The van der Waals surface area contributed by atoms with E-state index in [-0.39, 0.29) is 10.8 Å². The standard InChI is InChI=1S/C23H27N3/c1-14-12-18(22(2,3)4)24-16-13-19(23(5,6)7)26-17-11-9-8-10-15(17)25-21(26)20(14)16/h8-13H,1-7H3. The number of rotatable bonds is 0. The molecule has 0 radical (unpaired) electrons. The van der Waals surface area contributed by atoms with E-state index >= 15 is 0 Å². The van der Waals surface area contributed by atoms with Crippen LogP contribution in [0.15, 0.2) is 36.4 Å². The van der Waals surface area contributed by atoms with Crippen molar-refractivity contribution in [1.82, 2.24) is 14.4 Å². The van der Waals surface area contributed by atoms with Crippen molar-refractivity contribution in [3.8, 4) is 0 Å². The summed E-state index contributed by atoms with van der Waals surface area (Å²) < 4.78 is 2.32. The summed E-state index contributed by atoms with van der Waals surface area (Å²) in [7, 11) is 0. The van der Waals surface area contributed by atoms with Gasteiger partial charge >= 0.3 is 0 Å². The van der Waals surface area contributed by atoms with Crippen LogP contribution in [-0.4, -0.2) is 14.4 Å². The summed E-state index contributed by atoms with van der Waals surface area (Å²) in [5.74, 6) is 0. The molecule has 0 saturated heterocycles. The van der Waals surface area contributed by atoms with Crippen molar-refractivity contribution >= 4 is 27.6 Å². The minimum Gasteiger partial charge on any atom is -0.295 e. The molecule has 3 heterocycles. The molecule has 3 nitrogen and oxygen atoms in total. The summed E-state index contributed by atoms with van der Waals surface area (Å²) in [6.45, 7) is 15.6. The van der Waals surface area contributed by atoms with Crippen LogP contribution >= 0.6 is 0 Å². The van der Waals surface area contributed by atoms with Crippen molar-refractivity contribution in [3.63, 3.8) is 0 Å². The van der Waals surface area contributed by atoms with Crippen molar-refractivity contribution in [2.24, 2.45) is 0 Å². The number of para-hydroxylation sites is 2. The van der Waals surface area contributed by atoms with E-state index in [1.165, 1.54) is 11.3 Å². The molecule has 26 heavy (non-hydrogen) atoms. The molecule has 0 aliphatic heterocycles. The van der Waals surface area contributed by atoms with E-state index in [2.05, 4.69) is 89.3 Å². The largest absolute Gasteiger partial charge is 0.295 e. The second-order valence-electron chi connectivity index (χ2n) is 9.37. The van der Waals surface area contributed by atoms with Crippen molar-refractivity contribution in [2.45, 2.75) is 59.3 Å². The third-order valence-corrected chi connectivity index (χ3v) is 5.08. The van der Waals surface area contributed by atoms with Crippen LogP contribution in [-0.2, 0) is 10.8 Å². The zero-order valence-electron chi connectivity index (χ0n) is 16.8. The van der Waals surface area contributed by atoms with Gasteiger partial charge in [-0.1, -0.05) is 53.7 Å². The van der Waals surface area contributed by atoms with Crippen LogP contribution in [0.1, 0.15) is 58.5 Å². The van der Waals surface area contributed by atoms with Gasteiger partial charge in [-0.2, -0.15) is 0 Å². The Morgan fingerprint density at radius 2 is 1.50 bits per heavy atom. The number of fused-ring (bicyclic) bond motifs is 5. The number of nitrogens with zero attached hydrogens (tertiary/aromatic N) is 3. The van der Waals surface area contributed by atoms with Crippen LogP contribution in [0, 0.1) is 6.92 Å². The minimum atomic E-state index is -0.0107. The molecule has 0 aliphatic rings. The molecule has 0 N–H and O–H groups in total. The molecule has 3 aromatic heterocycles. The lowest BCUT2D eigenvalue weighted by atomic mass is 9.88. The summed E-state index contributed by atoms with van der Waals surface area (Å²) in [6, 6.07) is 12.9. The van der Waals surface area contributed by atoms with Crippen molar-refractivity contribution < 1.29 is 0 Å². The summed E-state index contributed by atoms with van der Waals surface area (Å²) >= 11 is 0. The molecule has 0 atom stereocenters. The van der Waals surface area contributed by atoms with E-state index in [9.17, 15) is 0 Å². The fourth-order valence-corrected chi connectivity index (χ4v) is 3.66. The van der Waals surface area contributed by atoms with E-state index < -0.39 is 0 Å². The van der Waals surface area contributed by atoms with Gasteiger partial charge in [-0.05, 0) is 36.8 Å². The first kappa shape index (κ1) is 17.0. The molecule has 0 unspecified atom stereocenters. The molecule has 1 aromatic carbocycles. The Hall–Kier alpha value is -2.42. The van der Waals surface area contributed by atoms with Gasteiger partial charge < -0.3 is 0 Å². The van der Waals surface area contributed by atoms with Crippen molar-refractivity contribution in [1.29, 1.82) is 0 Å². The first-order valence-electron chi connectivity index (χ1n) is 9.30. The van der Waals surface area contributed by atoms with Gasteiger partial charge in [-0.3, -0.25) is 9.38 Å². The third kappa shape index (κ3) is 2.49. The summed E-state index contributed by atoms with van der Waals surface area (Å²) in [4.78, 5) is 10.0. The lowest BCUT2D eigenvalue weighted by Gasteiger charge is -2.24. The van der Waals surface area contributed by atoms with Gasteiger partial charge in [0.25, 0.3) is 0 Å². The number of pyridine rings is 2. The quantitative estimate of drug-likeness (QED) is 0.395. The molecular weight excluding hydrogens is 318 g/mol. The van der Waals surface area contributed by atoms with Crippen molar-refractivity contribution in [2.75, 3.05) is 0 Å². The maximum atomic E-state index is 5.05. The fraction of sp³-hybridized carbons (Fsp3) is 0.391. The lowest BCUT2D eigenvalue weighted by Crippen LogP contribution is -2.18. The second kappa shape index (κ2) is 5.29. The Bertz CT molecular complexity index is 1150. The van der Waals surface area contributed by atoms with Gasteiger partial charge in [0.15, 0.2) is 0 Å². The minimum absolute atomic E-state index is 0.0107. The molecule has 0 fully saturated rings. The third-order valence-electron chi connectivity index (χ3n) is 5.08. The highest BCUT2D eigenvalue weighted by Gasteiger charge is 2.24. The highest BCUT2D eigenvalue weighted by molar-refractivity contribution is 5.99. The van der Waals surface area contributed by atoms with E-state index in [1.54, 1.807) is 0 Å². The van der Waals surface area contributed by atoms with E-state index in [0.717, 1.165) is 33.3 Å². The first-order chi connectivity index (χ1) is 12.1. The Kier molecular flexibility index (Phi) is 3.46. The number of hydrogen-bond acceptors (Lipinski definition) is 2. The highest BCUT2D eigenvalue weighted by Crippen LogP contribution is 2.34. The van der Waals surface area contributed by atoms with Gasteiger partial charge in [0.2, 0.25) is 0 Å². The number of hydrogen-bond donors (Lipinski definition) is 0. The van der Waals surface area contributed by atoms with Crippen molar-refractivity contribution in [3.05, 3.63) is 53.3 Å². The van der Waals surface area contributed by atoms with E-state index in [4.69, 9.17) is 9.97 Å². The Morgan fingerprint density at radius 1 is 0.808 bits per heavy atom. The Balaban J connectivity index is 2.26. The number of aromatic nitrogens is 3. The predicted octanol–water partition coefficient (Wildman–Crippen LogP) is 5.94. The summed E-state index contributed by atoms with van der Waals surface area (Å²) in [5, 5.41) is 1.15. The van der Waals surface area contributed by atoms with Crippen LogP contribution in [0.3, 0.4) is 0 Å². The SMILES string of the molecule is Cc1cc(C(C)(C)C)nc2cc(C(C)(C)C)n3c4ccccc4nc3c12. The molecule has 4 rings (SSSR count). The zero-order chi connectivity index (χ0) is 18.9. The summed E-state index contributed by atoms with van der Waals surface area (Å²) in [5.41, 5.74) is 7.87. The maximum Gasteiger partial charge on any atom is 0.147 e. The van der Waals surface area contributed by atoms with Crippen LogP contribution in [0.5, 0.6) is 0 Å². The van der Waals surface area contributed by atoms with Crippen LogP contribution in [0.4, 0.5) is 0 Å². The summed E-state index contributed by atoms with van der Waals surface area (Å²) in [6.07, 6.45) is 0. The average Bonchev–Trinajstić information content (AvgIpc) is 2.91. The molecule has 0 amide bonds. The van der Waals surface area contributed by atoms with Gasteiger partial charge in [-0.25, -0.2) is 4.98 Å². The Morgan fingerprint density at radius 3 is 2.15 bits per heavy atom. The number of imidazole rings is 1. The smallest absolute Gasteiger partial charge is 0.147 e. The monoisotopic (exact) mass is 345 g/mol. The lowest BCUT2D eigenvalue weighted by molar-refractivity contribution is 0.562. The van der Waals surface area contributed by atoms with Crippen LogP contribution in [0.25, 0.3) is 27.6 Å². The van der Waals surface area contributed by atoms with Crippen LogP contribution < -0.4 is 0 Å². The topological polar surface area (TPSA) is 30.2 Å². The second-order valence-corrected chi connectivity index (χ2v) is 9.37. The molecule has 0 spiro atoms. The highest BCUT2D eigenvalue weighted by atomic mass is 15.0. The molecule has 0 aliphatic carbocycles. The van der Waals surface area contributed by atoms with Gasteiger partial charge in [0, 0.05) is 27.6 Å².